The molecule has 0 amide bonds. The molecular formula is C19H15ClO4. The summed E-state index contributed by atoms with van der Waals surface area (Å²) in [4.78, 5) is 24.5. The van der Waals surface area contributed by atoms with Crippen LogP contribution in [-0.4, -0.2) is 5.97 Å². The first-order valence-electron chi connectivity index (χ1n) is 7.53. The average Bonchev–Trinajstić information content (AvgIpc) is 2.58. The second-order valence-electron chi connectivity index (χ2n) is 5.42. The molecule has 0 unspecified atom stereocenters. The van der Waals surface area contributed by atoms with Gasteiger partial charge in [-0.15, -0.1) is 0 Å². The number of carbonyl (C=O) groups excluding carboxylic acids is 1. The highest BCUT2D eigenvalue weighted by Gasteiger charge is 2.20. The summed E-state index contributed by atoms with van der Waals surface area (Å²) in [5.41, 5.74) is 1.70. The number of halogens is 1. The summed E-state index contributed by atoms with van der Waals surface area (Å²) in [5.74, 6) is -0.380. The third kappa shape index (κ3) is 3.05. The lowest BCUT2D eigenvalue weighted by Crippen LogP contribution is -2.15. The predicted octanol–water partition coefficient (Wildman–Crippen LogP) is 4.74. The Morgan fingerprint density at radius 3 is 2.54 bits per heavy atom. The zero-order valence-electron chi connectivity index (χ0n) is 13.3. The number of hydrogen-bond donors (Lipinski definition) is 0. The van der Waals surface area contributed by atoms with Crippen LogP contribution in [0.25, 0.3) is 22.3 Å². The summed E-state index contributed by atoms with van der Waals surface area (Å²) >= 11 is 5.96. The minimum absolute atomic E-state index is 0.111. The molecule has 1 heterocycles. The van der Waals surface area contributed by atoms with Gasteiger partial charge in [-0.05, 0) is 25.1 Å². The van der Waals surface area contributed by atoms with E-state index in [1.165, 1.54) is 6.07 Å². The molecular weight excluding hydrogens is 328 g/mol. The van der Waals surface area contributed by atoms with Crippen molar-refractivity contribution in [1.29, 1.82) is 0 Å². The average molecular weight is 343 g/mol. The number of fused-ring (bicyclic) bond motifs is 1. The number of carbonyl (C=O) groups is 1. The maximum Gasteiger partial charge on any atom is 0.311 e. The summed E-state index contributed by atoms with van der Waals surface area (Å²) in [6.07, 6.45) is 0.153. The highest BCUT2D eigenvalue weighted by molar-refractivity contribution is 6.31. The van der Waals surface area contributed by atoms with E-state index in [0.29, 0.717) is 16.2 Å². The first kappa shape index (κ1) is 16.3. The van der Waals surface area contributed by atoms with Gasteiger partial charge in [-0.25, -0.2) is 0 Å². The largest absolute Gasteiger partial charge is 0.452 e. The van der Waals surface area contributed by atoms with Gasteiger partial charge in [0, 0.05) is 17.0 Å². The van der Waals surface area contributed by atoms with Crippen LogP contribution in [0.3, 0.4) is 0 Å². The highest BCUT2D eigenvalue weighted by atomic mass is 35.5. The van der Waals surface area contributed by atoms with Gasteiger partial charge in [0.05, 0.1) is 5.39 Å². The van der Waals surface area contributed by atoms with Crippen molar-refractivity contribution in [2.75, 3.05) is 0 Å². The molecule has 24 heavy (non-hydrogen) atoms. The second-order valence-corrected chi connectivity index (χ2v) is 5.86. The summed E-state index contributed by atoms with van der Waals surface area (Å²) in [6, 6.07) is 12.2. The number of rotatable bonds is 3. The van der Waals surface area contributed by atoms with Crippen molar-refractivity contribution >= 4 is 28.5 Å². The number of aryl methyl sites for hydroxylation is 1. The van der Waals surface area contributed by atoms with E-state index in [1.54, 1.807) is 19.1 Å². The van der Waals surface area contributed by atoms with Crippen LogP contribution >= 0.6 is 11.6 Å². The first-order chi connectivity index (χ1) is 11.5. The Bertz CT molecular complexity index is 971. The molecule has 3 rings (SSSR count). The fraction of sp³-hybridized carbons (Fsp3) is 0.158. The van der Waals surface area contributed by atoms with Crippen molar-refractivity contribution in [1.82, 2.24) is 0 Å². The Kier molecular flexibility index (Phi) is 4.40. The van der Waals surface area contributed by atoms with Gasteiger partial charge in [0.25, 0.3) is 0 Å². The van der Waals surface area contributed by atoms with Crippen molar-refractivity contribution in [2.45, 2.75) is 20.3 Å². The summed E-state index contributed by atoms with van der Waals surface area (Å²) < 4.78 is 11.1. The molecule has 0 radical (unpaired) electrons. The molecule has 0 bridgehead atoms. The van der Waals surface area contributed by atoms with Crippen LogP contribution in [-0.2, 0) is 4.79 Å². The topological polar surface area (TPSA) is 56.5 Å². The molecule has 3 aromatic rings. The normalized spacial score (nSPS) is 10.8. The SMILES string of the molecule is CCC(=O)Oc1c(-c2ccc(C)cc2)oc2ccc(Cl)cc2c1=O. The van der Waals surface area contributed by atoms with Crippen molar-refractivity contribution in [3.63, 3.8) is 0 Å². The summed E-state index contributed by atoms with van der Waals surface area (Å²) in [6.45, 7) is 3.62. The lowest BCUT2D eigenvalue weighted by molar-refractivity contribution is -0.134. The molecule has 0 saturated carbocycles. The van der Waals surface area contributed by atoms with E-state index in [0.717, 1.165) is 5.56 Å². The first-order valence-corrected chi connectivity index (χ1v) is 7.91. The quantitative estimate of drug-likeness (QED) is 0.645. The Balaban J connectivity index is 2.31. The molecule has 122 valence electrons. The van der Waals surface area contributed by atoms with Gasteiger partial charge in [-0.2, -0.15) is 0 Å². The van der Waals surface area contributed by atoms with Crippen molar-refractivity contribution < 1.29 is 13.9 Å². The molecule has 0 atom stereocenters. The third-order valence-electron chi connectivity index (χ3n) is 3.63. The van der Waals surface area contributed by atoms with E-state index < -0.39 is 11.4 Å². The van der Waals surface area contributed by atoms with Gasteiger partial charge in [0.1, 0.15) is 5.58 Å². The molecule has 0 N–H and O–H groups in total. The van der Waals surface area contributed by atoms with Crippen LogP contribution in [0, 0.1) is 6.92 Å². The lowest BCUT2D eigenvalue weighted by Gasteiger charge is -2.10. The van der Waals surface area contributed by atoms with Gasteiger partial charge in [0.15, 0.2) is 5.76 Å². The number of hydrogen-bond acceptors (Lipinski definition) is 4. The number of esters is 1. The molecule has 2 aromatic carbocycles. The zero-order chi connectivity index (χ0) is 17.3. The lowest BCUT2D eigenvalue weighted by atomic mass is 10.1. The van der Waals surface area contributed by atoms with E-state index >= 15 is 0 Å². The van der Waals surface area contributed by atoms with E-state index in [9.17, 15) is 9.59 Å². The van der Waals surface area contributed by atoms with Crippen molar-refractivity contribution in [3.8, 4) is 17.1 Å². The van der Waals surface area contributed by atoms with Gasteiger partial charge in [-0.3, -0.25) is 9.59 Å². The van der Waals surface area contributed by atoms with Gasteiger partial charge in [-0.1, -0.05) is 48.4 Å². The van der Waals surface area contributed by atoms with Crippen LogP contribution in [0.5, 0.6) is 5.75 Å². The van der Waals surface area contributed by atoms with Crippen LogP contribution in [0.1, 0.15) is 18.9 Å². The van der Waals surface area contributed by atoms with Crippen molar-refractivity contribution in [3.05, 3.63) is 63.3 Å². The molecule has 0 spiro atoms. The van der Waals surface area contributed by atoms with Crippen LogP contribution in [0.4, 0.5) is 0 Å². The molecule has 0 saturated heterocycles. The fourth-order valence-corrected chi connectivity index (χ4v) is 2.50. The van der Waals surface area contributed by atoms with Crippen molar-refractivity contribution in [2.24, 2.45) is 0 Å². The minimum Gasteiger partial charge on any atom is -0.452 e. The van der Waals surface area contributed by atoms with Gasteiger partial charge < -0.3 is 9.15 Å². The fourth-order valence-electron chi connectivity index (χ4n) is 2.32. The van der Waals surface area contributed by atoms with Gasteiger partial charge >= 0.3 is 5.97 Å². The van der Waals surface area contributed by atoms with E-state index in [4.69, 9.17) is 20.8 Å². The summed E-state index contributed by atoms with van der Waals surface area (Å²) in [5, 5.41) is 0.683. The standard InChI is InChI=1S/C19H15ClO4/c1-3-16(21)24-19-17(22)14-10-13(20)8-9-15(14)23-18(19)12-6-4-11(2)5-7-12/h4-10H,3H2,1-2H3. The number of ether oxygens (including phenoxy) is 1. The molecule has 5 heteroatoms. The Morgan fingerprint density at radius 2 is 1.88 bits per heavy atom. The Hall–Kier alpha value is -2.59. The maximum atomic E-state index is 12.8. The molecule has 1 aromatic heterocycles. The molecule has 0 fully saturated rings. The van der Waals surface area contributed by atoms with E-state index in [2.05, 4.69) is 0 Å². The zero-order valence-corrected chi connectivity index (χ0v) is 14.0. The minimum atomic E-state index is -0.503. The number of benzene rings is 2. The second kappa shape index (κ2) is 6.49. The molecule has 0 aliphatic rings. The molecule has 0 aliphatic heterocycles. The Morgan fingerprint density at radius 1 is 1.17 bits per heavy atom. The monoisotopic (exact) mass is 342 g/mol. The van der Waals surface area contributed by atoms with Gasteiger partial charge in [0.2, 0.25) is 11.2 Å². The molecule has 4 nitrogen and oxygen atoms in total. The highest BCUT2D eigenvalue weighted by Crippen LogP contribution is 2.32. The predicted molar refractivity (Wildman–Crippen MR) is 93.6 cm³/mol. The Labute approximate surface area is 143 Å². The summed E-state index contributed by atoms with van der Waals surface area (Å²) in [7, 11) is 0. The van der Waals surface area contributed by atoms with E-state index in [-0.39, 0.29) is 23.3 Å². The molecule has 0 aliphatic carbocycles. The van der Waals surface area contributed by atoms with Crippen LogP contribution in [0.2, 0.25) is 5.02 Å². The maximum absolute atomic E-state index is 12.8. The van der Waals surface area contributed by atoms with Crippen LogP contribution in [0.15, 0.2) is 51.7 Å². The van der Waals surface area contributed by atoms with E-state index in [1.807, 2.05) is 31.2 Å². The third-order valence-corrected chi connectivity index (χ3v) is 3.86. The van der Waals surface area contributed by atoms with Crippen LogP contribution < -0.4 is 10.2 Å². The smallest absolute Gasteiger partial charge is 0.311 e.